The van der Waals surface area contributed by atoms with E-state index in [0.717, 1.165) is 30.7 Å². The SMILES string of the molecule is CCCN[C@@H](C)Cc1cnccc1OC. The Morgan fingerprint density at radius 1 is 1.53 bits per heavy atom. The number of nitrogens with one attached hydrogen (secondary N) is 1. The van der Waals surface area contributed by atoms with Crippen LogP contribution < -0.4 is 10.1 Å². The van der Waals surface area contributed by atoms with E-state index >= 15 is 0 Å². The molecule has 84 valence electrons. The van der Waals surface area contributed by atoms with Crippen LogP contribution in [-0.4, -0.2) is 24.7 Å². The Labute approximate surface area is 91.9 Å². The zero-order valence-corrected chi connectivity index (χ0v) is 9.79. The van der Waals surface area contributed by atoms with Gasteiger partial charge in [-0.2, -0.15) is 0 Å². The molecule has 0 saturated heterocycles. The van der Waals surface area contributed by atoms with Crippen molar-refractivity contribution in [1.82, 2.24) is 10.3 Å². The summed E-state index contributed by atoms with van der Waals surface area (Å²) in [4.78, 5) is 4.12. The zero-order valence-electron chi connectivity index (χ0n) is 9.79. The van der Waals surface area contributed by atoms with Crippen molar-refractivity contribution in [3.05, 3.63) is 24.0 Å². The minimum atomic E-state index is 0.461. The quantitative estimate of drug-likeness (QED) is 0.776. The van der Waals surface area contributed by atoms with Gasteiger partial charge in [-0.1, -0.05) is 6.92 Å². The van der Waals surface area contributed by atoms with Crippen molar-refractivity contribution >= 4 is 0 Å². The van der Waals surface area contributed by atoms with Crippen LogP contribution in [0.5, 0.6) is 5.75 Å². The van der Waals surface area contributed by atoms with E-state index in [-0.39, 0.29) is 0 Å². The predicted octanol–water partition coefficient (Wildman–Crippen LogP) is 2.02. The number of hydrogen-bond acceptors (Lipinski definition) is 3. The van der Waals surface area contributed by atoms with Crippen LogP contribution in [0.1, 0.15) is 25.8 Å². The van der Waals surface area contributed by atoms with E-state index in [2.05, 4.69) is 24.1 Å². The normalized spacial score (nSPS) is 12.5. The highest BCUT2D eigenvalue weighted by atomic mass is 16.5. The fourth-order valence-electron chi connectivity index (χ4n) is 1.56. The summed E-state index contributed by atoms with van der Waals surface area (Å²) in [5.74, 6) is 0.926. The molecule has 0 spiro atoms. The molecular weight excluding hydrogens is 188 g/mol. The highest BCUT2D eigenvalue weighted by Crippen LogP contribution is 2.17. The van der Waals surface area contributed by atoms with Gasteiger partial charge in [-0.3, -0.25) is 4.98 Å². The monoisotopic (exact) mass is 208 g/mol. The first-order valence-electron chi connectivity index (χ1n) is 5.48. The minimum absolute atomic E-state index is 0.461. The largest absolute Gasteiger partial charge is 0.496 e. The molecule has 0 aromatic carbocycles. The second-order valence-electron chi connectivity index (χ2n) is 3.75. The van der Waals surface area contributed by atoms with Gasteiger partial charge in [-0.25, -0.2) is 0 Å². The molecule has 0 unspecified atom stereocenters. The molecule has 0 saturated carbocycles. The number of methoxy groups -OCH3 is 1. The molecule has 1 aromatic rings. The molecule has 3 nitrogen and oxygen atoms in total. The Kier molecular flexibility index (Phi) is 5.12. The molecule has 0 aliphatic carbocycles. The Morgan fingerprint density at radius 2 is 2.33 bits per heavy atom. The van der Waals surface area contributed by atoms with Crippen LogP contribution in [0.25, 0.3) is 0 Å². The van der Waals surface area contributed by atoms with Crippen molar-refractivity contribution in [2.75, 3.05) is 13.7 Å². The maximum Gasteiger partial charge on any atom is 0.125 e. The summed E-state index contributed by atoms with van der Waals surface area (Å²) in [6.07, 6.45) is 5.75. The van der Waals surface area contributed by atoms with Gasteiger partial charge >= 0.3 is 0 Å². The van der Waals surface area contributed by atoms with E-state index in [1.807, 2.05) is 12.3 Å². The standard InChI is InChI=1S/C12H20N2O/c1-4-6-14-10(2)8-11-9-13-7-5-12(11)15-3/h5,7,9-10,14H,4,6,8H2,1-3H3/t10-/m0/s1. The van der Waals surface area contributed by atoms with E-state index in [9.17, 15) is 0 Å². The Morgan fingerprint density at radius 3 is 3.00 bits per heavy atom. The van der Waals surface area contributed by atoms with Gasteiger partial charge in [0.25, 0.3) is 0 Å². The van der Waals surface area contributed by atoms with Crippen molar-refractivity contribution in [3.8, 4) is 5.75 Å². The summed E-state index contributed by atoms with van der Waals surface area (Å²) in [5, 5.41) is 3.45. The first-order valence-corrected chi connectivity index (χ1v) is 5.48. The number of rotatable bonds is 6. The molecule has 0 radical (unpaired) electrons. The molecule has 0 bridgehead atoms. The van der Waals surface area contributed by atoms with E-state index in [4.69, 9.17) is 4.74 Å². The van der Waals surface area contributed by atoms with Gasteiger partial charge in [-0.15, -0.1) is 0 Å². The lowest BCUT2D eigenvalue weighted by Gasteiger charge is -2.14. The van der Waals surface area contributed by atoms with Gasteiger partial charge in [0.15, 0.2) is 0 Å². The molecule has 1 heterocycles. The lowest BCUT2D eigenvalue weighted by Crippen LogP contribution is -2.28. The van der Waals surface area contributed by atoms with Crippen LogP contribution in [0.2, 0.25) is 0 Å². The van der Waals surface area contributed by atoms with Gasteiger partial charge in [0, 0.05) is 24.0 Å². The lowest BCUT2D eigenvalue weighted by atomic mass is 10.1. The summed E-state index contributed by atoms with van der Waals surface area (Å²) in [6.45, 7) is 5.41. The Bertz CT molecular complexity index is 289. The molecule has 3 heteroatoms. The second-order valence-corrected chi connectivity index (χ2v) is 3.75. The molecule has 0 fully saturated rings. The van der Waals surface area contributed by atoms with Crippen LogP contribution in [0.15, 0.2) is 18.5 Å². The number of hydrogen-bond donors (Lipinski definition) is 1. The van der Waals surface area contributed by atoms with Gasteiger partial charge in [-0.05, 0) is 32.4 Å². The molecule has 0 aliphatic rings. The highest BCUT2D eigenvalue weighted by Gasteiger charge is 2.07. The van der Waals surface area contributed by atoms with Crippen LogP contribution >= 0.6 is 0 Å². The molecule has 1 rings (SSSR count). The molecule has 1 aromatic heterocycles. The van der Waals surface area contributed by atoms with Crippen LogP contribution in [0.3, 0.4) is 0 Å². The first kappa shape index (κ1) is 12.0. The molecule has 0 amide bonds. The molecule has 0 aliphatic heterocycles. The third kappa shape index (κ3) is 3.88. The maximum atomic E-state index is 5.28. The van der Waals surface area contributed by atoms with E-state index in [1.165, 1.54) is 0 Å². The third-order valence-corrected chi connectivity index (χ3v) is 2.35. The Balaban J connectivity index is 2.55. The number of pyridine rings is 1. The summed E-state index contributed by atoms with van der Waals surface area (Å²) in [6, 6.07) is 2.37. The van der Waals surface area contributed by atoms with Crippen LogP contribution in [0, 0.1) is 0 Å². The summed E-state index contributed by atoms with van der Waals surface area (Å²) in [7, 11) is 1.70. The average Bonchev–Trinajstić information content (AvgIpc) is 2.27. The van der Waals surface area contributed by atoms with Crippen molar-refractivity contribution in [2.24, 2.45) is 0 Å². The third-order valence-electron chi connectivity index (χ3n) is 2.35. The van der Waals surface area contributed by atoms with Crippen molar-refractivity contribution in [2.45, 2.75) is 32.7 Å². The maximum absolute atomic E-state index is 5.28. The van der Waals surface area contributed by atoms with E-state index in [1.54, 1.807) is 13.3 Å². The van der Waals surface area contributed by atoms with Crippen LogP contribution in [-0.2, 0) is 6.42 Å². The summed E-state index contributed by atoms with van der Waals surface area (Å²) in [5.41, 5.74) is 1.16. The summed E-state index contributed by atoms with van der Waals surface area (Å²) >= 11 is 0. The van der Waals surface area contributed by atoms with E-state index < -0.39 is 0 Å². The van der Waals surface area contributed by atoms with Gasteiger partial charge in [0.1, 0.15) is 5.75 Å². The highest BCUT2D eigenvalue weighted by molar-refractivity contribution is 5.30. The minimum Gasteiger partial charge on any atom is -0.496 e. The van der Waals surface area contributed by atoms with E-state index in [0.29, 0.717) is 6.04 Å². The summed E-state index contributed by atoms with van der Waals surface area (Å²) < 4.78 is 5.28. The Hall–Kier alpha value is -1.09. The van der Waals surface area contributed by atoms with Gasteiger partial charge in [0.05, 0.1) is 7.11 Å². The van der Waals surface area contributed by atoms with Crippen molar-refractivity contribution in [1.29, 1.82) is 0 Å². The first-order chi connectivity index (χ1) is 7.27. The average molecular weight is 208 g/mol. The van der Waals surface area contributed by atoms with Crippen molar-refractivity contribution in [3.63, 3.8) is 0 Å². The predicted molar refractivity (Wildman–Crippen MR) is 62.2 cm³/mol. The number of nitrogens with zero attached hydrogens (tertiary/aromatic N) is 1. The lowest BCUT2D eigenvalue weighted by molar-refractivity contribution is 0.405. The topological polar surface area (TPSA) is 34.2 Å². The number of aromatic nitrogens is 1. The van der Waals surface area contributed by atoms with Crippen molar-refractivity contribution < 1.29 is 4.74 Å². The molecule has 1 atom stereocenters. The van der Waals surface area contributed by atoms with Crippen LogP contribution in [0.4, 0.5) is 0 Å². The fraction of sp³-hybridized carbons (Fsp3) is 0.583. The molecule has 1 N–H and O–H groups in total. The second kappa shape index (κ2) is 6.40. The number of ether oxygens (including phenoxy) is 1. The zero-order chi connectivity index (χ0) is 11.1. The molecule has 15 heavy (non-hydrogen) atoms. The smallest absolute Gasteiger partial charge is 0.125 e. The van der Waals surface area contributed by atoms with Gasteiger partial charge in [0.2, 0.25) is 0 Å². The fourth-order valence-corrected chi connectivity index (χ4v) is 1.56. The van der Waals surface area contributed by atoms with Gasteiger partial charge < -0.3 is 10.1 Å². The molecular formula is C12H20N2O.